The molecule has 0 saturated heterocycles. The van der Waals surface area contributed by atoms with Gasteiger partial charge in [0.25, 0.3) is 0 Å². The first-order chi connectivity index (χ1) is 12.8. The van der Waals surface area contributed by atoms with E-state index in [0.29, 0.717) is 6.04 Å². The standard InChI is InChI=1S/C19H27N7/c1-2-26(13-20)10-6-9-21-18-11-16-17(12-22-18)23-14-24-19(16)25-15-7-4-3-5-8-15/h2,11-15,20H,1,3-10H2,(H,21,22)(H,23,24,25). The molecule has 3 N–H and O–H groups in total. The van der Waals surface area contributed by atoms with Crippen LogP contribution in [0.2, 0.25) is 0 Å². The molecule has 7 nitrogen and oxygen atoms in total. The van der Waals surface area contributed by atoms with Gasteiger partial charge < -0.3 is 15.5 Å². The summed E-state index contributed by atoms with van der Waals surface area (Å²) in [6, 6.07) is 2.51. The van der Waals surface area contributed by atoms with Crippen molar-refractivity contribution in [2.45, 2.75) is 44.6 Å². The zero-order valence-electron chi connectivity index (χ0n) is 15.1. The molecule has 0 bridgehead atoms. The van der Waals surface area contributed by atoms with Crippen LogP contribution in [0.3, 0.4) is 0 Å². The van der Waals surface area contributed by atoms with E-state index in [1.54, 1.807) is 23.6 Å². The summed E-state index contributed by atoms with van der Waals surface area (Å²) < 4.78 is 0. The lowest BCUT2D eigenvalue weighted by Gasteiger charge is -2.23. The molecular weight excluding hydrogens is 326 g/mol. The van der Waals surface area contributed by atoms with Crippen molar-refractivity contribution in [3.63, 3.8) is 0 Å². The highest BCUT2D eigenvalue weighted by atomic mass is 15.1. The van der Waals surface area contributed by atoms with Crippen molar-refractivity contribution in [3.05, 3.63) is 31.4 Å². The van der Waals surface area contributed by atoms with Gasteiger partial charge in [0.2, 0.25) is 0 Å². The number of hydrogen-bond acceptors (Lipinski definition) is 6. The first-order valence-electron chi connectivity index (χ1n) is 9.30. The first-order valence-corrected chi connectivity index (χ1v) is 9.30. The Kier molecular flexibility index (Phi) is 6.35. The Labute approximate surface area is 154 Å². The van der Waals surface area contributed by atoms with Crippen LogP contribution in [-0.2, 0) is 0 Å². The van der Waals surface area contributed by atoms with Gasteiger partial charge in [-0.3, -0.25) is 5.41 Å². The third-order valence-electron chi connectivity index (χ3n) is 4.77. The summed E-state index contributed by atoms with van der Waals surface area (Å²) in [7, 11) is 0. The summed E-state index contributed by atoms with van der Waals surface area (Å²) >= 11 is 0. The van der Waals surface area contributed by atoms with E-state index in [9.17, 15) is 0 Å². The minimum absolute atomic E-state index is 0.498. The molecule has 2 aromatic rings. The van der Waals surface area contributed by atoms with Crippen LogP contribution < -0.4 is 10.6 Å². The third kappa shape index (κ3) is 4.68. The number of nitrogens with zero attached hydrogens (tertiary/aromatic N) is 4. The molecule has 0 spiro atoms. The van der Waals surface area contributed by atoms with Crippen LogP contribution in [0.15, 0.2) is 31.4 Å². The van der Waals surface area contributed by atoms with E-state index in [0.717, 1.165) is 42.0 Å². The molecule has 26 heavy (non-hydrogen) atoms. The van der Waals surface area contributed by atoms with Crippen LogP contribution in [0.5, 0.6) is 0 Å². The minimum atomic E-state index is 0.498. The van der Waals surface area contributed by atoms with Gasteiger partial charge in [-0.25, -0.2) is 15.0 Å². The quantitative estimate of drug-likeness (QED) is 0.362. The molecule has 0 unspecified atom stereocenters. The molecule has 1 saturated carbocycles. The second kappa shape index (κ2) is 9.12. The van der Waals surface area contributed by atoms with Gasteiger partial charge in [0.05, 0.1) is 18.1 Å². The van der Waals surface area contributed by atoms with Gasteiger partial charge >= 0.3 is 0 Å². The first kappa shape index (κ1) is 18.1. The summed E-state index contributed by atoms with van der Waals surface area (Å²) in [5, 5.41) is 15.2. The molecule has 0 aromatic carbocycles. The SMILES string of the molecule is C=CN(C=N)CCCNc1cc2c(NC3CCCCC3)ncnc2cn1. The van der Waals surface area contributed by atoms with Gasteiger partial charge in [-0.05, 0) is 31.5 Å². The van der Waals surface area contributed by atoms with E-state index in [1.165, 1.54) is 38.4 Å². The Bertz CT molecular complexity index is 732. The monoisotopic (exact) mass is 353 g/mol. The molecule has 7 heteroatoms. The van der Waals surface area contributed by atoms with Crippen LogP contribution in [0.25, 0.3) is 10.9 Å². The van der Waals surface area contributed by atoms with Crippen molar-refractivity contribution in [2.24, 2.45) is 0 Å². The normalized spacial score (nSPS) is 14.8. The number of hydrogen-bond donors (Lipinski definition) is 3. The number of anilines is 2. The van der Waals surface area contributed by atoms with Crippen molar-refractivity contribution >= 4 is 28.9 Å². The van der Waals surface area contributed by atoms with E-state index in [1.807, 2.05) is 6.07 Å². The largest absolute Gasteiger partial charge is 0.370 e. The van der Waals surface area contributed by atoms with Crippen molar-refractivity contribution in [1.82, 2.24) is 19.9 Å². The summed E-state index contributed by atoms with van der Waals surface area (Å²) in [4.78, 5) is 15.0. The maximum Gasteiger partial charge on any atom is 0.137 e. The van der Waals surface area contributed by atoms with Crippen molar-refractivity contribution < 1.29 is 0 Å². The molecule has 3 rings (SSSR count). The molecule has 1 aliphatic carbocycles. The second-order valence-electron chi connectivity index (χ2n) is 6.62. The fraction of sp³-hybridized carbons (Fsp3) is 0.474. The molecule has 0 amide bonds. The Morgan fingerprint density at radius 3 is 2.85 bits per heavy atom. The van der Waals surface area contributed by atoms with Crippen LogP contribution in [-0.4, -0.2) is 45.3 Å². The van der Waals surface area contributed by atoms with Crippen LogP contribution in [0, 0.1) is 5.41 Å². The van der Waals surface area contributed by atoms with Crippen molar-refractivity contribution in [2.75, 3.05) is 23.7 Å². The van der Waals surface area contributed by atoms with E-state index in [-0.39, 0.29) is 0 Å². The fourth-order valence-electron chi connectivity index (χ4n) is 3.30. The van der Waals surface area contributed by atoms with Crippen LogP contribution in [0.1, 0.15) is 38.5 Å². The number of aromatic nitrogens is 3. The van der Waals surface area contributed by atoms with Gasteiger partial charge in [0, 0.05) is 24.5 Å². The van der Waals surface area contributed by atoms with Gasteiger partial charge in [0.15, 0.2) is 0 Å². The van der Waals surface area contributed by atoms with Crippen LogP contribution in [0.4, 0.5) is 11.6 Å². The minimum Gasteiger partial charge on any atom is -0.370 e. The number of pyridine rings is 1. The predicted molar refractivity (Wildman–Crippen MR) is 107 cm³/mol. The molecule has 0 aliphatic heterocycles. The number of nitrogens with one attached hydrogen (secondary N) is 3. The van der Waals surface area contributed by atoms with E-state index >= 15 is 0 Å². The number of rotatable bonds is 9. The molecule has 2 aromatic heterocycles. The molecule has 1 fully saturated rings. The summed E-state index contributed by atoms with van der Waals surface area (Å²) in [6.45, 7) is 5.21. The maximum atomic E-state index is 7.26. The lowest BCUT2D eigenvalue weighted by Crippen LogP contribution is -2.23. The Morgan fingerprint density at radius 2 is 2.08 bits per heavy atom. The summed E-state index contributed by atoms with van der Waals surface area (Å²) in [5.41, 5.74) is 0.852. The highest BCUT2D eigenvalue weighted by Gasteiger charge is 2.15. The van der Waals surface area contributed by atoms with Gasteiger partial charge in [-0.15, -0.1) is 0 Å². The predicted octanol–water partition coefficient (Wildman–Crippen LogP) is 3.62. The summed E-state index contributed by atoms with van der Waals surface area (Å²) in [5.74, 6) is 1.72. The average molecular weight is 353 g/mol. The summed E-state index contributed by atoms with van der Waals surface area (Å²) in [6.07, 6.45) is 13.5. The van der Waals surface area contributed by atoms with Crippen molar-refractivity contribution in [3.8, 4) is 0 Å². The second-order valence-corrected chi connectivity index (χ2v) is 6.62. The van der Waals surface area contributed by atoms with Crippen LogP contribution >= 0.6 is 0 Å². The lowest BCUT2D eigenvalue weighted by atomic mass is 9.95. The van der Waals surface area contributed by atoms with Gasteiger partial charge in [0.1, 0.15) is 18.0 Å². The van der Waals surface area contributed by atoms with E-state index in [2.05, 4.69) is 32.2 Å². The Hall–Kier alpha value is -2.70. The fourth-order valence-corrected chi connectivity index (χ4v) is 3.30. The average Bonchev–Trinajstić information content (AvgIpc) is 2.69. The highest BCUT2D eigenvalue weighted by Crippen LogP contribution is 2.25. The van der Waals surface area contributed by atoms with Crippen molar-refractivity contribution in [1.29, 1.82) is 5.41 Å². The topological polar surface area (TPSA) is 89.8 Å². The Balaban J connectivity index is 1.65. The third-order valence-corrected chi connectivity index (χ3v) is 4.77. The highest BCUT2D eigenvalue weighted by molar-refractivity contribution is 5.90. The smallest absolute Gasteiger partial charge is 0.137 e. The lowest BCUT2D eigenvalue weighted by molar-refractivity contribution is 0.462. The Morgan fingerprint density at radius 1 is 1.23 bits per heavy atom. The molecule has 2 heterocycles. The molecular formula is C19H27N7. The zero-order valence-corrected chi connectivity index (χ0v) is 15.1. The van der Waals surface area contributed by atoms with Gasteiger partial charge in [-0.1, -0.05) is 25.8 Å². The zero-order chi connectivity index (χ0) is 18.2. The molecule has 1 aliphatic rings. The van der Waals surface area contributed by atoms with Gasteiger partial charge in [-0.2, -0.15) is 0 Å². The molecule has 0 atom stereocenters. The maximum absolute atomic E-state index is 7.26. The number of fused-ring (bicyclic) bond motifs is 1. The molecule has 138 valence electrons. The van der Waals surface area contributed by atoms with E-state index in [4.69, 9.17) is 5.41 Å². The van der Waals surface area contributed by atoms with E-state index < -0.39 is 0 Å². The molecule has 0 radical (unpaired) electrons.